The van der Waals surface area contributed by atoms with Crippen LogP contribution in [0, 0.1) is 0 Å². The van der Waals surface area contributed by atoms with Gasteiger partial charge in [0, 0.05) is 6.07 Å². The van der Waals surface area contributed by atoms with Crippen LogP contribution in [0.25, 0.3) is 0 Å². The Hall–Kier alpha value is -2.61. The predicted octanol–water partition coefficient (Wildman–Crippen LogP) is 1.75. The van der Waals surface area contributed by atoms with E-state index < -0.39 is 0 Å². The number of benzene rings is 1. The number of hydrogen-bond acceptors (Lipinski definition) is 8. The monoisotopic (exact) mass is 291 g/mol. The quantitative estimate of drug-likeness (QED) is 0.612. The van der Waals surface area contributed by atoms with Crippen molar-refractivity contribution in [3.8, 4) is 23.5 Å². The molecule has 0 fully saturated rings. The van der Waals surface area contributed by atoms with Crippen LogP contribution in [0.15, 0.2) is 24.3 Å². The first-order valence-corrected chi connectivity index (χ1v) is 6.32. The molecule has 1 heterocycles. The number of hydrazine groups is 1. The molecule has 3 N–H and O–H groups in total. The molecule has 0 unspecified atom stereocenters. The third-order valence-corrected chi connectivity index (χ3v) is 2.31. The minimum atomic E-state index is -0.0808. The number of rotatable bonds is 6. The molecule has 0 amide bonds. The molecule has 0 atom stereocenters. The van der Waals surface area contributed by atoms with Gasteiger partial charge in [-0.2, -0.15) is 9.97 Å². The van der Waals surface area contributed by atoms with Crippen LogP contribution in [0.2, 0.25) is 0 Å². The number of methoxy groups -OCH3 is 1. The molecule has 0 spiro atoms. The van der Waals surface area contributed by atoms with E-state index in [4.69, 9.17) is 20.1 Å². The van der Waals surface area contributed by atoms with Crippen LogP contribution < -0.4 is 25.5 Å². The number of nitrogens with one attached hydrogen (secondary N) is 1. The summed E-state index contributed by atoms with van der Waals surface area (Å²) in [6, 6.07) is 7.27. The van der Waals surface area contributed by atoms with Gasteiger partial charge in [0.1, 0.15) is 11.5 Å². The fourth-order valence-electron chi connectivity index (χ4n) is 1.48. The Morgan fingerprint density at radius 2 is 1.81 bits per heavy atom. The Morgan fingerprint density at radius 1 is 1.10 bits per heavy atom. The SMILES string of the molecule is COc1cccc(Oc2nc(NN)nc(OC(C)C)n2)c1. The zero-order valence-corrected chi connectivity index (χ0v) is 12.0. The molecule has 0 radical (unpaired) electrons. The summed E-state index contributed by atoms with van der Waals surface area (Å²) in [7, 11) is 1.58. The van der Waals surface area contributed by atoms with Crippen molar-refractivity contribution < 1.29 is 14.2 Å². The molecule has 21 heavy (non-hydrogen) atoms. The van der Waals surface area contributed by atoms with Crippen molar-refractivity contribution >= 4 is 5.95 Å². The molecule has 1 aromatic carbocycles. The highest BCUT2D eigenvalue weighted by Gasteiger charge is 2.10. The van der Waals surface area contributed by atoms with Gasteiger partial charge < -0.3 is 14.2 Å². The first kappa shape index (κ1) is 14.8. The summed E-state index contributed by atoms with van der Waals surface area (Å²) in [5.74, 6) is 6.67. The van der Waals surface area contributed by atoms with E-state index in [1.165, 1.54) is 0 Å². The average Bonchev–Trinajstić information content (AvgIpc) is 2.46. The second-order valence-corrected chi connectivity index (χ2v) is 4.32. The number of hydrogen-bond donors (Lipinski definition) is 2. The summed E-state index contributed by atoms with van der Waals surface area (Å²) in [6.07, 6.45) is -0.0808. The van der Waals surface area contributed by atoms with E-state index in [1.54, 1.807) is 31.4 Å². The van der Waals surface area contributed by atoms with Crippen molar-refractivity contribution in [1.82, 2.24) is 15.0 Å². The zero-order chi connectivity index (χ0) is 15.2. The van der Waals surface area contributed by atoms with Gasteiger partial charge in [-0.15, -0.1) is 4.98 Å². The number of anilines is 1. The maximum absolute atomic E-state index is 5.57. The van der Waals surface area contributed by atoms with Gasteiger partial charge in [0.05, 0.1) is 13.2 Å². The summed E-state index contributed by atoms with van der Waals surface area (Å²) in [4.78, 5) is 12.1. The smallest absolute Gasteiger partial charge is 0.330 e. The molecule has 0 aliphatic rings. The molecule has 2 aromatic rings. The molecule has 1 aromatic heterocycles. The van der Waals surface area contributed by atoms with E-state index in [2.05, 4.69) is 20.4 Å². The van der Waals surface area contributed by atoms with E-state index >= 15 is 0 Å². The summed E-state index contributed by atoms with van der Waals surface area (Å²) in [6.45, 7) is 3.73. The Labute approximate surface area is 122 Å². The van der Waals surface area contributed by atoms with Crippen molar-refractivity contribution in [2.75, 3.05) is 12.5 Å². The molecular weight excluding hydrogens is 274 g/mol. The second kappa shape index (κ2) is 6.71. The highest BCUT2D eigenvalue weighted by molar-refractivity contribution is 5.35. The van der Waals surface area contributed by atoms with Gasteiger partial charge >= 0.3 is 12.0 Å². The van der Waals surface area contributed by atoms with Gasteiger partial charge in [0.2, 0.25) is 5.95 Å². The lowest BCUT2D eigenvalue weighted by Gasteiger charge is -2.10. The summed E-state index contributed by atoms with van der Waals surface area (Å²) in [5.41, 5.74) is 2.34. The molecule has 112 valence electrons. The Balaban J connectivity index is 2.25. The fourth-order valence-corrected chi connectivity index (χ4v) is 1.48. The van der Waals surface area contributed by atoms with Gasteiger partial charge in [-0.3, -0.25) is 5.43 Å². The average molecular weight is 291 g/mol. The molecule has 0 saturated heterocycles. The number of nitrogen functional groups attached to an aromatic ring is 1. The van der Waals surface area contributed by atoms with Crippen LogP contribution in [0.4, 0.5) is 5.95 Å². The lowest BCUT2D eigenvalue weighted by molar-refractivity contribution is 0.218. The normalized spacial score (nSPS) is 10.3. The summed E-state index contributed by atoms with van der Waals surface area (Å²) < 4.78 is 16.1. The molecular formula is C13H17N5O3. The molecule has 0 bridgehead atoms. The van der Waals surface area contributed by atoms with Crippen LogP contribution in [-0.2, 0) is 0 Å². The first-order chi connectivity index (χ1) is 10.1. The van der Waals surface area contributed by atoms with Crippen LogP contribution in [0.3, 0.4) is 0 Å². The first-order valence-electron chi connectivity index (χ1n) is 6.32. The highest BCUT2D eigenvalue weighted by Crippen LogP contribution is 2.24. The van der Waals surface area contributed by atoms with Gasteiger partial charge in [0.15, 0.2) is 0 Å². The van der Waals surface area contributed by atoms with E-state index in [0.29, 0.717) is 11.5 Å². The predicted molar refractivity (Wildman–Crippen MR) is 76.5 cm³/mol. The van der Waals surface area contributed by atoms with Gasteiger partial charge in [0.25, 0.3) is 0 Å². The van der Waals surface area contributed by atoms with Gasteiger partial charge in [-0.1, -0.05) is 6.07 Å². The van der Waals surface area contributed by atoms with Crippen molar-refractivity contribution in [3.63, 3.8) is 0 Å². The molecule has 8 nitrogen and oxygen atoms in total. The van der Waals surface area contributed by atoms with Crippen LogP contribution >= 0.6 is 0 Å². The largest absolute Gasteiger partial charge is 0.497 e. The van der Waals surface area contributed by atoms with E-state index in [-0.39, 0.29) is 24.1 Å². The fraction of sp³-hybridized carbons (Fsp3) is 0.308. The Morgan fingerprint density at radius 3 is 2.48 bits per heavy atom. The van der Waals surface area contributed by atoms with Crippen molar-refractivity contribution in [3.05, 3.63) is 24.3 Å². The van der Waals surface area contributed by atoms with Crippen LogP contribution in [0.5, 0.6) is 23.5 Å². The number of aromatic nitrogens is 3. The summed E-state index contributed by atoms with van der Waals surface area (Å²) >= 11 is 0. The lowest BCUT2D eigenvalue weighted by atomic mass is 10.3. The minimum absolute atomic E-state index is 0.0712. The lowest BCUT2D eigenvalue weighted by Crippen LogP contribution is -2.14. The van der Waals surface area contributed by atoms with Crippen molar-refractivity contribution in [1.29, 1.82) is 0 Å². The Bertz CT molecular complexity index is 606. The topological polar surface area (TPSA) is 104 Å². The Kier molecular flexibility index (Phi) is 4.72. The molecule has 0 aliphatic heterocycles. The van der Waals surface area contributed by atoms with Crippen LogP contribution in [-0.4, -0.2) is 28.2 Å². The number of ether oxygens (including phenoxy) is 3. The third-order valence-electron chi connectivity index (χ3n) is 2.31. The van der Waals surface area contributed by atoms with E-state index in [9.17, 15) is 0 Å². The molecule has 8 heteroatoms. The highest BCUT2D eigenvalue weighted by atomic mass is 16.5. The van der Waals surface area contributed by atoms with E-state index in [0.717, 1.165) is 0 Å². The third kappa shape index (κ3) is 4.18. The molecule has 2 rings (SSSR count). The zero-order valence-electron chi connectivity index (χ0n) is 12.0. The maximum Gasteiger partial charge on any atom is 0.330 e. The summed E-state index contributed by atoms with van der Waals surface area (Å²) in [5, 5.41) is 0. The van der Waals surface area contributed by atoms with Gasteiger partial charge in [-0.05, 0) is 26.0 Å². The number of nitrogens with zero attached hydrogens (tertiary/aromatic N) is 3. The molecule has 0 saturated carbocycles. The standard InChI is InChI=1S/C13H17N5O3/c1-8(2)20-12-15-11(18-14)16-13(17-12)21-10-6-4-5-9(7-10)19-3/h4-8H,14H2,1-3H3,(H,15,16,17,18). The minimum Gasteiger partial charge on any atom is -0.497 e. The number of nitrogens with two attached hydrogens (primary N) is 1. The van der Waals surface area contributed by atoms with Gasteiger partial charge in [-0.25, -0.2) is 5.84 Å². The van der Waals surface area contributed by atoms with Crippen molar-refractivity contribution in [2.24, 2.45) is 5.84 Å². The van der Waals surface area contributed by atoms with E-state index in [1.807, 2.05) is 13.8 Å². The van der Waals surface area contributed by atoms with Crippen molar-refractivity contribution in [2.45, 2.75) is 20.0 Å². The molecule has 0 aliphatic carbocycles. The van der Waals surface area contributed by atoms with Crippen LogP contribution in [0.1, 0.15) is 13.8 Å². The maximum atomic E-state index is 5.57. The second-order valence-electron chi connectivity index (χ2n) is 4.32.